The van der Waals surface area contributed by atoms with Crippen LogP contribution < -0.4 is 16.2 Å². The summed E-state index contributed by atoms with van der Waals surface area (Å²) < 4.78 is 5.33. The van der Waals surface area contributed by atoms with Crippen LogP contribution in [0.25, 0.3) is 0 Å². The lowest BCUT2D eigenvalue weighted by molar-refractivity contribution is 0.109. The Morgan fingerprint density at radius 3 is 2.42 bits per heavy atom. The Morgan fingerprint density at radius 1 is 1.19 bits per heavy atom. The van der Waals surface area contributed by atoms with E-state index in [0.717, 1.165) is 44.6 Å². The fourth-order valence-corrected chi connectivity index (χ4v) is 4.95. The largest absolute Gasteiger partial charge is 0.497 e. The molecule has 2 atom stereocenters. The zero-order valence-corrected chi connectivity index (χ0v) is 16.7. The molecule has 1 aliphatic rings. The summed E-state index contributed by atoms with van der Waals surface area (Å²) in [6, 6.07) is 11.0. The highest BCUT2D eigenvalue weighted by Crippen LogP contribution is 2.41. The minimum Gasteiger partial charge on any atom is -0.497 e. The van der Waals surface area contributed by atoms with E-state index in [4.69, 9.17) is 16.2 Å². The van der Waals surface area contributed by atoms with E-state index in [1.54, 1.807) is 18.4 Å². The molecule has 5 heteroatoms. The Labute approximate surface area is 161 Å². The second-order valence-corrected chi connectivity index (χ2v) is 8.13. The first kappa shape index (κ1) is 19.4. The van der Waals surface area contributed by atoms with E-state index >= 15 is 0 Å². The van der Waals surface area contributed by atoms with Gasteiger partial charge < -0.3 is 21.1 Å². The molecule has 2 heterocycles. The van der Waals surface area contributed by atoms with Gasteiger partial charge in [-0.15, -0.1) is 0 Å². The molecule has 1 fully saturated rings. The van der Waals surface area contributed by atoms with E-state index in [1.165, 1.54) is 11.1 Å². The summed E-state index contributed by atoms with van der Waals surface area (Å²) in [5.41, 5.74) is 14.8. The Bertz CT molecular complexity index is 665. The first-order valence-electron chi connectivity index (χ1n) is 9.49. The third-order valence-electron chi connectivity index (χ3n) is 5.95. The van der Waals surface area contributed by atoms with Gasteiger partial charge in [0.1, 0.15) is 5.75 Å². The number of hydrogen-bond donors (Lipinski definition) is 2. The van der Waals surface area contributed by atoms with Crippen LogP contribution in [0.15, 0.2) is 41.1 Å². The van der Waals surface area contributed by atoms with Crippen molar-refractivity contribution < 1.29 is 4.74 Å². The van der Waals surface area contributed by atoms with Gasteiger partial charge in [0.15, 0.2) is 0 Å². The summed E-state index contributed by atoms with van der Waals surface area (Å²) in [4.78, 5) is 2.56. The molecule has 1 aromatic heterocycles. The highest BCUT2D eigenvalue weighted by molar-refractivity contribution is 7.08. The molecule has 4 N–H and O–H groups in total. The lowest BCUT2D eigenvalue weighted by Crippen LogP contribution is -2.51. The van der Waals surface area contributed by atoms with Crippen molar-refractivity contribution in [2.24, 2.45) is 17.4 Å². The van der Waals surface area contributed by atoms with Gasteiger partial charge in [0, 0.05) is 6.04 Å². The number of likely N-dealkylation sites (tertiary alicyclic amines) is 1. The molecule has 2 aromatic rings. The molecule has 0 radical (unpaired) electrons. The lowest BCUT2D eigenvalue weighted by atomic mass is 9.70. The topological polar surface area (TPSA) is 64.5 Å². The van der Waals surface area contributed by atoms with Gasteiger partial charge in [-0.1, -0.05) is 12.1 Å². The maximum absolute atomic E-state index is 7.16. The van der Waals surface area contributed by atoms with Gasteiger partial charge in [0.05, 0.1) is 12.6 Å². The minimum absolute atomic E-state index is 0.423. The number of piperidine rings is 1. The van der Waals surface area contributed by atoms with Crippen molar-refractivity contribution in [1.29, 1.82) is 0 Å². The average molecular weight is 374 g/mol. The van der Waals surface area contributed by atoms with E-state index in [0.29, 0.717) is 12.0 Å². The summed E-state index contributed by atoms with van der Waals surface area (Å²) in [7, 11) is 1.70. The van der Waals surface area contributed by atoms with Crippen LogP contribution in [0.3, 0.4) is 0 Å². The summed E-state index contributed by atoms with van der Waals surface area (Å²) in [5, 5.41) is 4.33. The van der Waals surface area contributed by atoms with Gasteiger partial charge in [-0.2, -0.15) is 11.3 Å². The number of thiophene rings is 1. The molecule has 26 heavy (non-hydrogen) atoms. The first-order chi connectivity index (χ1) is 12.6. The average Bonchev–Trinajstić information content (AvgIpc) is 3.23. The maximum Gasteiger partial charge on any atom is 0.118 e. The van der Waals surface area contributed by atoms with Crippen LogP contribution in [0.4, 0.5) is 0 Å². The number of ether oxygens (including phenoxy) is 1. The molecular weight excluding hydrogens is 342 g/mol. The zero-order valence-electron chi connectivity index (χ0n) is 15.9. The fraction of sp³-hybridized carbons (Fsp3) is 0.524. The minimum atomic E-state index is -0.449. The van der Waals surface area contributed by atoms with Gasteiger partial charge in [0.2, 0.25) is 0 Å². The molecule has 1 saturated heterocycles. The van der Waals surface area contributed by atoms with Crippen LogP contribution in [-0.2, 0) is 5.54 Å². The van der Waals surface area contributed by atoms with Crippen LogP contribution in [0, 0.1) is 5.92 Å². The molecule has 0 amide bonds. The van der Waals surface area contributed by atoms with Crippen LogP contribution in [-0.4, -0.2) is 37.7 Å². The van der Waals surface area contributed by atoms with Crippen LogP contribution in [0.2, 0.25) is 0 Å². The van der Waals surface area contributed by atoms with Crippen molar-refractivity contribution in [2.45, 2.75) is 37.8 Å². The molecule has 4 nitrogen and oxygen atoms in total. The Balaban J connectivity index is 1.84. The van der Waals surface area contributed by atoms with Gasteiger partial charge in [0.25, 0.3) is 0 Å². The second kappa shape index (κ2) is 8.53. The summed E-state index contributed by atoms with van der Waals surface area (Å²) >= 11 is 1.72. The van der Waals surface area contributed by atoms with Gasteiger partial charge in [-0.3, -0.25) is 0 Å². The van der Waals surface area contributed by atoms with Crippen LogP contribution >= 0.6 is 11.3 Å². The number of nitrogens with two attached hydrogens (primary N) is 2. The number of rotatable bonds is 7. The third-order valence-corrected chi connectivity index (χ3v) is 6.63. The number of nitrogens with zero attached hydrogens (tertiary/aromatic N) is 1. The van der Waals surface area contributed by atoms with Gasteiger partial charge in [-0.05, 0) is 91.8 Å². The molecular formula is C21H31N3OS. The molecule has 1 aliphatic heterocycles. The lowest BCUT2D eigenvalue weighted by Gasteiger charge is -2.44. The summed E-state index contributed by atoms with van der Waals surface area (Å²) in [6.45, 7) is 5.21. The van der Waals surface area contributed by atoms with Crippen molar-refractivity contribution >= 4 is 11.3 Å². The molecule has 0 saturated carbocycles. The monoisotopic (exact) mass is 373 g/mol. The SMILES string of the molecule is COc1ccc(C(N)(c2ccsc2)C2CCN([C@H](C)CCN)CC2)cc1. The Kier molecular flexibility index (Phi) is 6.35. The maximum atomic E-state index is 7.16. The number of methoxy groups -OCH3 is 1. The van der Waals surface area contributed by atoms with E-state index in [-0.39, 0.29) is 0 Å². The quantitative estimate of drug-likeness (QED) is 0.781. The second-order valence-electron chi connectivity index (χ2n) is 7.35. The molecule has 142 valence electrons. The van der Waals surface area contributed by atoms with E-state index in [9.17, 15) is 0 Å². The number of hydrogen-bond acceptors (Lipinski definition) is 5. The Hall–Kier alpha value is -1.40. The number of benzene rings is 1. The van der Waals surface area contributed by atoms with E-state index in [2.05, 4.69) is 40.8 Å². The predicted molar refractivity (Wildman–Crippen MR) is 110 cm³/mol. The molecule has 0 spiro atoms. The molecule has 1 aromatic carbocycles. The van der Waals surface area contributed by atoms with Gasteiger partial charge >= 0.3 is 0 Å². The first-order valence-corrected chi connectivity index (χ1v) is 10.4. The third kappa shape index (κ3) is 3.81. The van der Waals surface area contributed by atoms with Crippen LogP contribution in [0.1, 0.15) is 37.3 Å². The van der Waals surface area contributed by atoms with Crippen molar-refractivity contribution in [3.63, 3.8) is 0 Å². The normalized spacial score (nSPS) is 19.8. The smallest absolute Gasteiger partial charge is 0.118 e. The van der Waals surface area contributed by atoms with Crippen LogP contribution in [0.5, 0.6) is 5.75 Å². The van der Waals surface area contributed by atoms with Crippen molar-refractivity contribution in [3.8, 4) is 5.75 Å². The highest BCUT2D eigenvalue weighted by Gasteiger charge is 2.40. The van der Waals surface area contributed by atoms with E-state index in [1.807, 2.05) is 12.1 Å². The molecule has 1 unspecified atom stereocenters. The van der Waals surface area contributed by atoms with Gasteiger partial charge in [-0.25, -0.2) is 0 Å². The van der Waals surface area contributed by atoms with Crippen molar-refractivity contribution in [3.05, 3.63) is 52.2 Å². The highest BCUT2D eigenvalue weighted by atomic mass is 32.1. The predicted octanol–water partition coefficient (Wildman–Crippen LogP) is 3.41. The zero-order chi connectivity index (χ0) is 18.6. The fourth-order valence-electron chi connectivity index (χ4n) is 4.22. The standard InChI is InChI=1S/C21H31N3OS/c1-16(7-11-22)24-12-8-18(9-13-24)21(23,19-10-14-26-15-19)17-3-5-20(25-2)6-4-17/h3-6,10,14-16,18H,7-9,11-13,22-23H2,1-2H3/t16-,21?/m1/s1. The summed E-state index contributed by atoms with van der Waals surface area (Å²) in [5.74, 6) is 1.29. The molecule has 0 aliphatic carbocycles. The molecule has 0 bridgehead atoms. The molecule has 3 rings (SSSR count). The summed E-state index contributed by atoms with van der Waals surface area (Å²) in [6.07, 6.45) is 3.27. The van der Waals surface area contributed by atoms with Crippen molar-refractivity contribution in [1.82, 2.24) is 4.90 Å². The Morgan fingerprint density at radius 2 is 1.88 bits per heavy atom. The van der Waals surface area contributed by atoms with E-state index < -0.39 is 5.54 Å². The van der Waals surface area contributed by atoms with Crippen molar-refractivity contribution in [2.75, 3.05) is 26.7 Å².